The van der Waals surface area contributed by atoms with Crippen LogP contribution in [0.1, 0.15) is 36.8 Å². The highest BCUT2D eigenvalue weighted by Crippen LogP contribution is 2.38. The molecule has 0 spiro atoms. The van der Waals surface area contributed by atoms with Crippen LogP contribution >= 0.6 is 23.1 Å². The zero-order valence-electron chi connectivity index (χ0n) is 19.7. The SMILES string of the molecule is COC(=O)[C@H](C)Sc1nnc2n(-c3ccc(C)cc3)c(=O)c3c4c(sc3n12)CO[C@@H](C(C)C)C4. The number of methoxy groups -OCH3 is 1. The van der Waals surface area contributed by atoms with Gasteiger partial charge in [0.2, 0.25) is 5.78 Å². The lowest BCUT2D eigenvalue weighted by Crippen LogP contribution is -2.28. The predicted molar refractivity (Wildman–Crippen MR) is 133 cm³/mol. The number of rotatable bonds is 5. The van der Waals surface area contributed by atoms with Gasteiger partial charge in [0.1, 0.15) is 10.1 Å². The minimum absolute atomic E-state index is 0.0577. The minimum Gasteiger partial charge on any atom is -0.468 e. The second-order valence-electron chi connectivity index (χ2n) is 8.86. The standard InChI is InChI=1S/C24H26N4O4S2/c1-12(2)17-10-16-18(11-32-17)34-21-19(16)20(29)27(15-8-6-13(3)7-9-15)23-25-26-24(28(21)23)33-14(4)22(30)31-5/h6-9,12,14,17H,10-11H2,1-5H3/t14-,17+/m0/s1. The zero-order valence-corrected chi connectivity index (χ0v) is 21.3. The average molecular weight is 499 g/mol. The van der Waals surface area contributed by atoms with E-state index in [1.807, 2.05) is 35.6 Å². The van der Waals surface area contributed by atoms with Crippen molar-refractivity contribution in [3.05, 3.63) is 50.6 Å². The number of carbonyl (C=O) groups excluding carboxylic acids is 1. The molecule has 5 rings (SSSR count). The normalized spacial score (nSPS) is 16.8. The van der Waals surface area contributed by atoms with Gasteiger partial charge in [-0.15, -0.1) is 21.5 Å². The summed E-state index contributed by atoms with van der Waals surface area (Å²) in [5.41, 5.74) is 2.75. The number of hydrogen-bond acceptors (Lipinski definition) is 8. The van der Waals surface area contributed by atoms with E-state index in [0.717, 1.165) is 26.5 Å². The number of carbonyl (C=O) groups is 1. The minimum atomic E-state index is -0.476. The first kappa shape index (κ1) is 23.1. The van der Waals surface area contributed by atoms with E-state index in [1.165, 1.54) is 30.2 Å². The van der Waals surface area contributed by atoms with Crippen molar-refractivity contribution in [3.63, 3.8) is 0 Å². The van der Waals surface area contributed by atoms with Gasteiger partial charge in [-0.1, -0.05) is 43.3 Å². The average Bonchev–Trinajstić information content (AvgIpc) is 3.40. The largest absolute Gasteiger partial charge is 0.468 e. The number of aryl methyl sites for hydroxylation is 1. The summed E-state index contributed by atoms with van der Waals surface area (Å²) in [4.78, 5) is 27.9. The lowest BCUT2D eigenvalue weighted by molar-refractivity contribution is -0.139. The van der Waals surface area contributed by atoms with Crippen LogP contribution in [0.2, 0.25) is 0 Å². The van der Waals surface area contributed by atoms with E-state index in [1.54, 1.807) is 11.5 Å². The Hall–Kier alpha value is -2.69. The first-order valence-electron chi connectivity index (χ1n) is 11.2. The molecule has 4 heterocycles. The number of thiophene rings is 1. The molecule has 8 nitrogen and oxygen atoms in total. The molecule has 0 N–H and O–H groups in total. The summed E-state index contributed by atoms with van der Waals surface area (Å²) >= 11 is 2.80. The first-order valence-corrected chi connectivity index (χ1v) is 12.9. The lowest BCUT2D eigenvalue weighted by atomic mass is 9.96. The zero-order chi connectivity index (χ0) is 24.1. The van der Waals surface area contributed by atoms with E-state index in [4.69, 9.17) is 9.47 Å². The Balaban J connectivity index is 1.81. The third-order valence-electron chi connectivity index (χ3n) is 6.19. The molecule has 10 heteroatoms. The van der Waals surface area contributed by atoms with Gasteiger partial charge in [0.05, 0.1) is 30.9 Å². The Labute approximate surface area is 204 Å². The Morgan fingerprint density at radius 2 is 1.97 bits per heavy atom. The van der Waals surface area contributed by atoms with Gasteiger partial charge in [0.15, 0.2) is 5.16 Å². The second kappa shape index (κ2) is 8.83. The van der Waals surface area contributed by atoms with Gasteiger partial charge >= 0.3 is 5.97 Å². The maximum Gasteiger partial charge on any atom is 0.318 e. The van der Waals surface area contributed by atoms with E-state index in [0.29, 0.717) is 35.3 Å². The van der Waals surface area contributed by atoms with Gasteiger partial charge in [-0.05, 0) is 37.5 Å². The van der Waals surface area contributed by atoms with Gasteiger partial charge in [0, 0.05) is 11.3 Å². The molecule has 1 aromatic carbocycles. The summed E-state index contributed by atoms with van der Waals surface area (Å²) in [6.07, 6.45) is 0.743. The van der Waals surface area contributed by atoms with Gasteiger partial charge < -0.3 is 9.47 Å². The van der Waals surface area contributed by atoms with E-state index in [9.17, 15) is 9.59 Å². The summed E-state index contributed by atoms with van der Waals surface area (Å²) in [6, 6.07) is 7.78. The number of ether oxygens (including phenoxy) is 2. The number of hydrogen-bond donors (Lipinski definition) is 0. The van der Waals surface area contributed by atoms with Crippen LogP contribution in [0.25, 0.3) is 21.7 Å². The van der Waals surface area contributed by atoms with Gasteiger partial charge in [-0.25, -0.2) is 8.97 Å². The maximum absolute atomic E-state index is 14.0. The van der Waals surface area contributed by atoms with Crippen molar-refractivity contribution in [1.82, 2.24) is 19.2 Å². The van der Waals surface area contributed by atoms with Gasteiger partial charge in [-0.2, -0.15) is 0 Å². The quantitative estimate of drug-likeness (QED) is 0.302. The molecule has 0 amide bonds. The topological polar surface area (TPSA) is 87.7 Å². The van der Waals surface area contributed by atoms with E-state index >= 15 is 0 Å². The highest BCUT2D eigenvalue weighted by atomic mass is 32.2. The molecule has 0 fully saturated rings. The van der Waals surface area contributed by atoms with Crippen molar-refractivity contribution < 1.29 is 14.3 Å². The van der Waals surface area contributed by atoms with Crippen molar-refractivity contribution in [3.8, 4) is 5.69 Å². The molecule has 0 saturated carbocycles. The fraction of sp³-hybridized carbons (Fsp3) is 0.417. The molecule has 0 radical (unpaired) electrons. The number of benzene rings is 1. The molecule has 1 aliphatic heterocycles. The van der Waals surface area contributed by atoms with Gasteiger partial charge in [-0.3, -0.25) is 9.59 Å². The Bertz CT molecular complexity index is 1450. The monoisotopic (exact) mass is 498 g/mol. The van der Waals surface area contributed by atoms with Crippen molar-refractivity contribution in [2.24, 2.45) is 5.92 Å². The van der Waals surface area contributed by atoms with Crippen LogP contribution in [-0.4, -0.2) is 43.6 Å². The molecule has 3 aromatic heterocycles. The number of nitrogens with zero attached hydrogens (tertiary/aromatic N) is 4. The Morgan fingerprint density at radius 3 is 2.65 bits per heavy atom. The smallest absolute Gasteiger partial charge is 0.318 e. The first-order chi connectivity index (χ1) is 16.3. The molecule has 178 valence electrons. The van der Waals surface area contributed by atoms with Crippen LogP contribution in [0.15, 0.2) is 34.2 Å². The number of fused-ring (bicyclic) bond motifs is 5. The summed E-state index contributed by atoms with van der Waals surface area (Å²) in [6.45, 7) is 8.52. The van der Waals surface area contributed by atoms with Gasteiger partial charge in [0.25, 0.3) is 5.56 Å². The Kier molecular flexibility index (Phi) is 5.99. The van der Waals surface area contributed by atoms with Crippen molar-refractivity contribution in [1.29, 1.82) is 0 Å². The van der Waals surface area contributed by atoms with Crippen molar-refractivity contribution >= 4 is 45.1 Å². The van der Waals surface area contributed by atoms with Crippen LogP contribution in [0.4, 0.5) is 0 Å². The molecule has 0 unspecified atom stereocenters. The maximum atomic E-state index is 14.0. The van der Waals surface area contributed by atoms with E-state index < -0.39 is 5.25 Å². The number of esters is 1. The van der Waals surface area contributed by atoms with Crippen LogP contribution in [-0.2, 0) is 27.3 Å². The highest BCUT2D eigenvalue weighted by molar-refractivity contribution is 8.00. The summed E-state index contributed by atoms with van der Waals surface area (Å²) in [7, 11) is 1.37. The number of thioether (sulfide) groups is 1. The van der Waals surface area contributed by atoms with Crippen LogP contribution in [0, 0.1) is 12.8 Å². The second-order valence-corrected chi connectivity index (χ2v) is 11.3. The van der Waals surface area contributed by atoms with Crippen molar-refractivity contribution in [2.75, 3.05) is 7.11 Å². The van der Waals surface area contributed by atoms with Crippen LogP contribution in [0.3, 0.4) is 0 Å². The third-order valence-corrected chi connectivity index (χ3v) is 8.41. The highest BCUT2D eigenvalue weighted by Gasteiger charge is 2.30. The Morgan fingerprint density at radius 1 is 1.24 bits per heavy atom. The molecular weight excluding hydrogens is 472 g/mol. The summed E-state index contributed by atoms with van der Waals surface area (Å²) in [5.74, 6) is 0.414. The molecule has 0 saturated heterocycles. The molecule has 1 aliphatic rings. The third kappa shape index (κ3) is 3.73. The fourth-order valence-electron chi connectivity index (χ4n) is 4.24. The molecule has 0 bridgehead atoms. The predicted octanol–water partition coefficient (Wildman–Crippen LogP) is 4.15. The summed E-state index contributed by atoms with van der Waals surface area (Å²) in [5, 5.41) is 9.51. The van der Waals surface area contributed by atoms with E-state index in [2.05, 4.69) is 24.0 Å². The lowest BCUT2D eigenvalue weighted by Gasteiger charge is -2.26. The summed E-state index contributed by atoms with van der Waals surface area (Å²) < 4.78 is 14.5. The molecular formula is C24H26N4O4S2. The fourth-order valence-corrected chi connectivity index (χ4v) is 6.42. The molecule has 4 aromatic rings. The number of aromatic nitrogens is 4. The van der Waals surface area contributed by atoms with Crippen molar-refractivity contribution in [2.45, 2.75) is 57.2 Å². The molecule has 0 aliphatic carbocycles. The molecule has 2 atom stereocenters. The van der Waals surface area contributed by atoms with Crippen LogP contribution < -0.4 is 5.56 Å². The van der Waals surface area contributed by atoms with Crippen LogP contribution in [0.5, 0.6) is 0 Å². The molecule has 34 heavy (non-hydrogen) atoms. The van der Waals surface area contributed by atoms with E-state index in [-0.39, 0.29) is 17.6 Å².